The summed E-state index contributed by atoms with van der Waals surface area (Å²) in [5.74, 6) is 1.02. The molecule has 2 saturated heterocycles. The smallest absolute Gasteiger partial charge is 0.229 e. The lowest BCUT2D eigenvalue weighted by Crippen LogP contribution is -2.56. The van der Waals surface area contributed by atoms with E-state index in [1.165, 1.54) is 0 Å². The predicted octanol–water partition coefficient (Wildman–Crippen LogP) is 4.35. The minimum atomic E-state index is -0.450. The molecule has 0 spiro atoms. The monoisotopic (exact) mass is 506 g/mol. The number of hydrogen-bond acceptors (Lipinski definition) is 6. The number of pyridine rings is 2. The SMILES string of the molecule is CC1(N2CCC(c3cc4cc(NC(=O)C5CC5c5ccccn5)ncc4cc3Cl)CC2)COCC1O. The largest absolute Gasteiger partial charge is 0.389 e. The number of rotatable bonds is 5. The zero-order valence-electron chi connectivity index (χ0n) is 20.4. The number of halogens is 1. The predicted molar refractivity (Wildman–Crippen MR) is 139 cm³/mol. The molecule has 6 rings (SSSR count). The number of benzene rings is 1. The molecule has 4 unspecified atom stereocenters. The molecule has 1 aromatic carbocycles. The van der Waals surface area contributed by atoms with Crippen LogP contribution in [0.25, 0.3) is 10.8 Å². The fourth-order valence-corrected chi connectivity index (χ4v) is 6.17. The highest BCUT2D eigenvalue weighted by Gasteiger charge is 2.46. The Hall–Kier alpha value is -2.58. The van der Waals surface area contributed by atoms with Crippen LogP contribution in [0.5, 0.6) is 0 Å². The van der Waals surface area contributed by atoms with E-state index in [0.717, 1.165) is 59.4 Å². The number of aromatic nitrogens is 2. The van der Waals surface area contributed by atoms with Gasteiger partial charge < -0.3 is 15.2 Å². The highest BCUT2D eigenvalue weighted by atomic mass is 35.5. The second-order valence-corrected chi connectivity index (χ2v) is 11.0. The molecule has 0 radical (unpaired) electrons. The first kappa shape index (κ1) is 23.8. The van der Waals surface area contributed by atoms with Gasteiger partial charge in [-0.2, -0.15) is 0 Å². The van der Waals surface area contributed by atoms with E-state index < -0.39 is 6.10 Å². The Kier molecular flexibility index (Phi) is 6.20. The van der Waals surface area contributed by atoms with Gasteiger partial charge in [0.15, 0.2) is 0 Å². The van der Waals surface area contributed by atoms with Gasteiger partial charge in [0.2, 0.25) is 5.91 Å². The van der Waals surface area contributed by atoms with Gasteiger partial charge in [-0.05, 0) is 86.5 Å². The molecule has 7 nitrogen and oxygen atoms in total. The summed E-state index contributed by atoms with van der Waals surface area (Å²) < 4.78 is 5.54. The van der Waals surface area contributed by atoms with E-state index >= 15 is 0 Å². The van der Waals surface area contributed by atoms with Crippen molar-refractivity contribution < 1.29 is 14.6 Å². The standard InChI is InChI=1S/C28H31ClN4O3/c1-28(16-36-15-25(28)34)33-8-5-17(6-9-33)20-10-18-12-26(31-14-19(18)11-23(20)29)32-27(35)22-13-21(22)24-4-2-3-7-30-24/h2-4,7,10-12,14,17,21-22,25,34H,5-6,8-9,13,15-16H2,1H3,(H,31,32,35). The molecule has 3 fully saturated rings. The van der Waals surface area contributed by atoms with Gasteiger partial charge in [-0.3, -0.25) is 14.7 Å². The molecule has 1 saturated carbocycles. The quantitative estimate of drug-likeness (QED) is 0.535. The minimum absolute atomic E-state index is 0.00867. The maximum atomic E-state index is 12.8. The van der Waals surface area contributed by atoms with E-state index in [1.54, 1.807) is 12.4 Å². The number of nitrogens with zero attached hydrogens (tertiary/aromatic N) is 3. The summed E-state index contributed by atoms with van der Waals surface area (Å²) in [5, 5.41) is 16.1. The molecule has 2 N–H and O–H groups in total. The summed E-state index contributed by atoms with van der Waals surface area (Å²) in [5.41, 5.74) is 1.80. The van der Waals surface area contributed by atoms with Crippen LogP contribution in [0.2, 0.25) is 5.02 Å². The maximum Gasteiger partial charge on any atom is 0.229 e. The molecule has 4 atom stereocenters. The van der Waals surface area contributed by atoms with Crippen LogP contribution in [0.4, 0.5) is 5.82 Å². The lowest BCUT2D eigenvalue weighted by molar-refractivity contribution is -0.117. The van der Waals surface area contributed by atoms with Crippen LogP contribution in [-0.2, 0) is 9.53 Å². The maximum absolute atomic E-state index is 12.8. The van der Waals surface area contributed by atoms with Crippen molar-refractivity contribution in [1.82, 2.24) is 14.9 Å². The number of amides is 1. The number of anilines is 1. The van der Waals surface area contributed by atoms with Crippen LogP contribution in [0, 0.1) is 5.92 Å². The van der Waals surface area contributed by atoms with Crippen LogP contribution in [0.15, 0.2) is 48.8 Å². The Bertz CT molecular complexity index is 1280. The molecule has 3 aliphatic rings. The first-order valence-electron chi connectivity index (χ1n) is 12.7. The number of hydrogen-bond donors (Lipinski definition) is 2. The third-order valence-electron chi connectivity index (χ3n) is 8.33. The second kappa shape index (κ2) is 9.38. The summed E-state index contributed by atoms with van der Waals surface area (Å²) in [6, 6.07) is 11.9. The van der Waals surface area contributed by atoms with E-state index in [-0.39, 0.29) is 23.3 Å². The van der Waals surface area contributed by atoms with Gasteiger partial charge in [0, 0.05) is 40.3 Å². The van der Waals surface area contributed by atoms with Crippen LogP contribution in [0.3, 0.4) is 0 Å². The number of carbonyl (C=O) groups is 1. The first-order chi connectivity index (χ1) is 17.4. The van der Waals surface area contributed by atoms with Crippen molar-refractivity contribution >= 4 is 34.1 Å². The number of fused-ring (bicyclic) bond motifs is 1. The molecule has 1 aliphatic carbocycles. The van der Waals surface area contributed by atoms with Crippen molar-refractivity contribution in [3.63, 3.8) is 0 Å². The van der Waals surface area contributed by atoms with Gasteiger partial charge in [-0.15, -0.1) is 0 Å². The van der Waals surface area contributed by atoms with Crippen LogP contribution in [-0.4, -0.2) is 63.8 Å². The van der Waals surface area contributed by atoms with Gasteiger partial charge in [0.25, 0.3) is 0 Å². The highest BCUT2D eigenvalue weighted by molar-refractivity contribution is 6.32. The Balaban J connectivity index is 1.15. The number of ether oxygens (including phenoxy) is 1. The zero-order chi connectivity index (χ0) is 24.9. The highest BCUT2D eigenvalue weighted by Crippen LogP contribution is 2.47. The van der Waals surface area contributed by atoms with Crippen molar-refractivity contribution in [3.8, 4) is 0 Å². The number of likely N-dealkylation sites (tertiary alicyclic amines) is 1. The number of piperidine rings is 1. The fraction of sp³-hybridized carbons (Fsp3) is 0.464. The van der Waals surface area contributed by atoms with Crippen molar-refractivity contribution in [1.29, 1.82) is 0 Å². The van der Waals surface area contributed by atoms with E-state index in [2.05, 4.69) is 33.2 Å². The molecule has 36 heavy (non-hydrogen) atoms. The summed E-state index contributed by atoms with van der Waals surface area (Å²) in [7, 11) is 0. The van der Waals surface area contributed by atoms with Crippen molar-refractivity contribution in [2.45, 2.75) is 49.7 Å². The number of carbonyl (C=O) groups excluding carboxylic acids is 1. The van der Waals surface area contributed by atoms with Gasteiger partial charge in [-0.25, -0.2) is 4.98 Å². The minimum Gasteiger partial charge on any atom is -0.389 e. The fourth-order valence-electron chi connectivity index (χ4n) is 5.85. The van der Waals surface area contributed by atoms with Crippen LogP contribution < -0.4 is 5.32 Å². The second-order valence-electron chi connectivity index (χ2n) is 10.6. The lowest BCUT2D eigenvalue weighted by atomic mass is 9.85. The number of aliphatic hydroxyl groups is 1. The average Bonchev–Trinajstić information content (AvgIpc) is 3.63. The van der Waals surface area contributed by atoms with Gasteiger partial charge in [0.05, 0.1) is 24.9 Å². The Morgan fingerprint density at radius 3 is 2.75 bits per heavy atom. The summed E-state index contributed by atoms with van der Waals surface area (Å²) in [6.07, 6.45) is 5.85. The average molecular weight is 507 g/mol. The normalized spacial score (nSPS) is 28.9. The van der Waals surface area contributed by atoms with E-state index in [9.17, 15) is 9.90 Å². The molecule has 4 heterocycles. The summed E-state index contributed by atoms with van der Waals surface area (Å²) >= 11 is 6.72. The van der Waals surface area contributed by atoms with Crippen molar-refractivity contribution in [2.75, 3.05) is 31.6 Å². The zero-order valence-corrected chi connectivity index (χ0v) is 21.1. The number of nitrogens with one attached hydrogen (secondary N) is 1. The van der Waals surface area contributed by atoms with Gasteiger partial charge in [-0.1, -0.05) is 17.7 Å². The third-order valence-corrected chi connectivity index (χ3v) is 8.66. The lowest BCUT2D eigenvalue weighted by Gasteiger charge is -2.43. The molecule has 2 aliphatic heterocycles. The first-order valence-corrected chi connectivity index (χ1v) is 13.1. The number of aliphatic hydroxyl groups excluding tert-OH is 1. The molecular formula is C28H31ClN4O3. The van der Waals surface area contributed by atoms with Gasteiger partial charge in [0.1, 0.15) is 5.82 Å². The van der Waals surface area contributed by atoms with Crippen LogP contribution in [0.1, 0.15) is 49.3 Å². The Morgan fingerprint density at radius 2 is 2.03 bits per heavy atom. The van der Waals surface area contributed by atoms with Gasteiger partial charge >= 0.3 is 0 Å². The molecule has 8 heteroatoms. The summed E-state index contributed by atoms with van der Waals surface area (Å²) in [4.78, 5) is 24.0. The van der Waals surface area contributed by atoms with Crippen molar-refractivity contribution in [2.24, 2.45) is 5.92 Å². The molecular weight excluding hydrogens is 476 g/mol. The molecule has 3 aromatic rings. The van der Waals surface area contributed by atoms with E-state index in [0.29, 0.717) is 24.9 Å². The van der Waals surface area contributed by atoms with E-state index in [4.69, 9.17) is 16.3 Å². The van der Waals surface area contributed by atoms with E-state index in [1.807, 2.05) is 30.3 Å². The Morgan fingerprint density at radius 1 is 1.19 bits per heavy atom. The third kappa shape index (κ3) is 4.39. The molecule has 188 valence electrons. The topological polar surface area (TPSA) is 87.6 Å². The summed E-state index contributed by atoms with van der Waals surface area (Å²) in [6.45, 7) is 4.86. The Labute approximate surface area is 215 Å². The molecule has 1 amide bonds. The van der Waals surface area contributed by atoms with Crippen LogP contribution >= 0.6 is 11.6 Å². The van der Waals surface area contributed by atoms with Crippen molar-refractivity contribution in [3.05, 3.63) is 65.1 Å². The molecule has 0 bridgehead atoms. The molecule has 2 aromatic heterocycles.